The van der Waals surface area contributed by atoms with E-state index in [1.54, 1.807) is 0 Å². The molecule has 0 aliphatic carbocycles. The molecule has 3 rings (SSSR count). The highest BCUT2D eigenvalue weighted by Crippen LogP contribution is 2.21. The second-order valence-corrected chi connectivity index (χ2v) is 5.75. The van der Waals surface area contributed by atoms with Crippen LogP contribution in [0.1, 0.15) is 0 Å². The predicted octanol–water partition coefficient (Wildman–Crippen LogP) is -0.438. The summed E-state index contributed by atoms with van der Waals surface area (Å²) in [6, 6.07) is 7.52. The maximum absolute atomic E-state index is 12.4. The standard InChI is InChI=1S/C16H18N6O3/c1-20(2)11-6-4-10(5-7-11)13-17-12-14(22(19-13)8-9-23)18-16(25)21(3)15(12)24/h4-7,23H,8-9H2,1-3H3. The van der Waals surface area contributed by atoms with E-state index >= 15 is 0 Å². The lowest BCUT2D eigenvalue weighted by atomic mass is 10.2. The van der Waals surface area contributed by atoms with Crippen LogP contribution in [0.25, 0.3) is 22.9 Å². The van der Waals surface area contributed by atoms with E-state index in [0.717, 1.165) is 10.3 Å². The molecule has 2 heterocycles. The normalized spacial score (nSPS) is 11.0. The lowest BCUT2D eigenvalue weighted by molar-refractivity contribution is 0.268. The number of hydrogen-bond donors (Lipinski definition) is 1. The number of aliphatic hydroxyl groups excluding tert-OH is 1. The number of fused-ring (bicyclic) bond motifs is 1. The molecular formula is C16H18N6O3. The van der Waals surface area contributed by atoms with Gasteiger partial charge in [0, 0.05) is 32.4 Å². The number of nitrogens with zero attached hydrogens (tertiary/aromatic N) is 6. The molecule has 0 bridgehead atoms. The molecule has 0 amide bonds. The molecule has 130 valence electrons. The van der Waals surface area contributed by atoms with Crippen LogP contribution in [-0.2, 0) is 13.6 Å². The molecule has 0 spiro atoms. The third-order valence-corrected chi connectivity index (χ3v) is 3.84. The van der Waals surface area contributed by atoms with E-state index in [9.17, 15) is 14.7 Å². The van der Waals surface area contributed by atoms with Crippen molar-refractivity contribution in [1.29, 1.82) is 0 Å². The van der Waals surface area contributed by atoms with Crippen molar-refractivity contribution in [3.8, 4) is 22.9 Å². The van der Waals surface area contributed by atoms with Crippen LogP contribution in [0.4, 0.5) is 5.69 Å². The van der Waals surface area contributed by atoms with Crippen molar-refractivity contribution in [3.05, 3.63) is 45.1 Å². The second kappa shape index (κ2) is 6.44. The average molecular weight is 342 g/mol. The Balaban J connectivity index is 2.24. The molecule has 1 aromatic rings. The van der Waals surface area contributed by atoms with E-state index in [1.807, 2.05) is 43.3 Å². The first-order chi connectivity index (χ1) is 11.9. The Morgan fingerprint density at radius 3 is 2.40 bits per heavy atom. The van der Waals surface area contributed by atoms with Crippen molar-refractivity contribution >= 4 is 5.69 Å². The first-order valence-corrected chi connectivity index (χ1v) is 7.67. The Hall–Kier alpha value is -3.07. The molecule has 9 nitrogen and oxygen atoms in total. The lowest BCUT2D eigenvalue weighted by Gasteiger charge is -2.15. The minimum Gasteiger partial charge on any atom is -0.394 e. The van der Waals surface area contributed by atoms with Crippen molar-refractivity contribution in [3.63, 3.8) is 0 Å². The Morgan fingerprint density at radius 2 is 1.80 bits per heavy atom. The largest absolute Gasteiger partial charge is 0.394 e. The average Bonchev–Trinajstić information content (AvgIpc) is 2.60. The highest BCUT2D eigenvalue weighted by Gasteiger charge is 2.20. The van der Waals surface area contributed by atoms with Gasteiger partial charge >= 0.3 is 5.69 Å². The van der Waals surface area contributed by atoms with Crippen molar-refractivity contribution in [2.45, 2.75) is 6.54 Å². The zero-order valence-electron chi connectivity index (χ0n) is 14.2. The molecule has 0 saturated heterocycles. The van der Waals surface area contributed by atoms with Gasteiger partial charge in [0.1, 0.15) is 0 Å². The summed E-state index contributed by atoms with van der Waals surface area (Å²) in [7, 11) is 5.22. The summed E-state index contributed by atoms with van der Waals surface area (Å²) in [5.41, 5.74) is 0.539. The summed E-state index contributed by atoms with van der Waals surface area (Å²) in [6.07, 6.45) is 0. The Kier molecular flexibility index (Phi) is 4.32. The summed E-state index contributed by atoms with van der Waals surface area (Å²) < 4.78 is 2.23. The molecule has 2 aliphatic heterocycles. The van der Waals surface area contributed by atoms with Gasteiger partial charge in [0.05, 0.1) is 13.2 Å². The second-order valence-electron chi connectivity index (χ2n) is 5.75. The van der Waals surface area contributed by atoms with Gasteiger partial charge in [-0.1, -0.05) is 0 Å². The van der Waals surface area contributed by atoms with E-state index in [-0.39, 0.29) is 24.7 Å². The summed E-state index contributed by atoms with van der Waals surface area (Å²) in [5, 5.41) is 13.6. The molecule has 1 aromatic carbocycles. The third kappa shape index (κ3) is 3.01. The monoisotopic (exact) mass is 342 g/mol. The number of anilines is 1. The number of benzene rings is 1. The van der Waals surface area contributed by atoms with Crippen LogP contribution >= 0.6 is 0 Å². The van der Waals surface area contributed by atoms with Gasteiger partial charge < -0.3 is 10.0 Å². The summed E-state index contributed by atoms with van der Waals surface area (Å²) in [4.78, 5) is 34.3. The molecule has 0 atom stereocenters. The lowest BCUT2D eigenvalue weighted by Crippen LogP contribution is -2.37. The SMILES string of the molecule is CN(C)c1ccc(-c2nc3c(=O)n(C)c(=O)nc-3n(CCO)n2)cc1. The van der Waals surface area contributed by atoms with Crippen molar-refractivity contribution < 1.29 is 5.11 Å². The molecule has 0 unspecified atom stereocenters. The summed E-state index contributed by atoms with van der Waals surface area (Å²) in [5.74, 6) is 0.389. The van der Waals surface area contributed by atoms with Crippen LogP contribution in [0.3, 0.4) is 0 Å². The Morgan fingerprint density at radius 1 is 1.12 bits per heavy atom. The highest BCUT2D eigenvalue weighted by molar-refractivity contribution is 5.62. The van der Waals surface area contributed by atoms with Gasteiger partial charge in [-0.2, -0.15) is 10.1 Å². The number of aliphatic hydroxyl groups is 1. The molecule has 9 heteroatoms. The number of hydrogen-bond acceptors (Lipinski definition) is 7. The van der Waals surface area contributed by atoms with Gasteiger partial charge in [-0.15, -0.1) is 0 Å². The first-order valence-electron chi connectivity index (χ1n) is 7.67. The fourth-order valence-electron chi connectivity index (χ4n) is 2.41. The molecule has 0 fully saturated rings. The van der Waals surface area contributed by atoms with Crippen LogP contribution in [0.15, 0.2) is 33.9 Å². The fourth-order valence-corrected chi connectivity index (χ4v) is 2.41. The van der Waals surface area contributed by atoms with Gasteiger partial charge in [0.15, 0.2) is 17.3 Å². The van der Waals surface area contributed by atoms with Crippen molar-refractivity contribution in [1.82, 2.24) is 24.3 Å². The maximum Gasteiger partial charge on any atom is 0.352 e. The van der Waals surface area contributed by atoms with Gasteiger partial charge in [0.25, 0.3) is 5.56 Å². The quantitative estimate of drug-likeness (QED) is 0.685. The molecule has 25 heavy (non-hydrogen) atoms. The number of aromatic nitrogens is 5. The van der Waals surface area contributed by atoms with Crippen LogP contribution in [0, 0.1) is 0 Å². The molecular weight excluding hydrogens is 324 g/mol. The van der Waals surface area contributed by atoms with Gasteiger partial charge in [0.2, 0.25) is 0 Å². The molecule has 0 saturated carbocycles. The fraction of sp³-hybridized carbons (Fsp3) is 0.312. The molecule has 1 N–H and O–H groups in total. The first kappa shape index (κ1) is 16.8. The Labute approximate surface area is 143 Å². The van der Waals surface area contributed by atoms with Crippen LogP contribution in [0.5, 0.6) is 0 Å². The van der Waals surface area contributed by atoms with Gasteiger partial charge in [-0.3, -0.25) is 9.36 Å². The van der Waals surface area contributed by atoms with Crippen molar-refractivity contribution in [2.75, 3.05) is 25.6 Å². The molecule has 0 aromatic heterocycles. The van der Waals surface area contributed by atoms with E-state index in [1.165, 1.54) is 11.7 Å². The zero-order valence-corrected chi connectivity index (χ0v) is 14.2. The van der Waals surface area contributed by atoms with Crippen LogP contribution < -0.4 is 16.1 Å². The highest BCUT2D eigenvalue weighted by atomic mass is 16.3. The summed E-state index contributed by atoms with van der Waals surface area (Å²) >= 11 is 0. The molecule has 2 aliphatic rings. The maximum atomic E-state index is 12.4. The third-order valence-electron chi connectivity index (χ3n) is 3.84. The zero-order chi connectivity index (χ0) is 18.1. The van der Waals surface area contributed by atoms with Crippen LogP contribution in [-0.4, -0.2) is 50.1 Å². The smallest absolute Gasteiger partial charge is 0.352 e. The van der Waals surface area contributed by atoms with Crippen molar-refractivity contribution in [2.24, 2.45) is 7.05 Å². The van der Waals surface area contributed by atoms with E-state index in [4.69, 9.17) is 0 Å². The Bertz CT molecular complexity index is 990. The van der Waals surface area contributed by atoms with E-state index < -0.39 is 11.2 Å². The number of rotatable bonds is 4. The predicted molar refractivity (Wildman–Crippen MR) is 92.8 cm³/mol. The minimum absolute atomic E-state index is 0.0391. The molecule has 0 radical (unpaired) electrons. The van der Waals surface area contributed by atoms with Gasteiger partial charge in [-0.05, 0) is 24.3 Å². The van der Waals surface area contributed by atoms with Gasteiger partial charge in [-0.25, -0.2) is 14.5 Å². The van der Waals surface area contributed by atoms with E-state index in [0.29, 0.717) is 11.4 Å². The summed E-state index contributed by atoms with van der Waals surface area (Å²) in [6.45, 7) is -0.109. The topological polar surface area (TPSA) is 106 Å². The van der Waals surface area contributed by atoms with Crippen LogP contribution in [0.2, 0.25) is 0 Å². The minimum atomic E-state index is -0.684. The van der Waals surface area contributed by atoms with E-state index in [2.05, 4.69) is 15.1 Å².